The van der Waals surface area contributed by atoms with Gasteiger partial charge in [0, 0.05) is 0 Å². The molecule has 0 saturated heterocycles. The summed E-state index contributed by atoms with van der Waals surface area (Å²) < 4.78 is 12.3. The van der Waals surface area contributed by atoms with E-state index in [-0.39, 0.29) is 17.1 Å². The molecule has 0 heterocycles. The average Bonchev–Trinajstić information content (AvgIpc) is 2.83. The van der Waals surface area contributed by atoms with Gasteiger partial charge in [0.05, 0.1) is 18.8 Å². The number of ether oxygens (including phenoxy) is 2. The Labute approximate surface area is 152 Å². The van der Waals surface area contributed by atoms with E-state index in [1.807, 2.05) is 0 Å². The highest BCUT2D eigenvalue weighted by molar-refractivity contribution is 5.78. The summed E-state index contributed by atoms with van der Waals surface area (Å²) in [5, 5.41) is 0. The van der Waals surface area contributed by atoms with Crippen LogP contribution >= 0.6 is 0 Å². The third-order valence-corrected chi connectivity index (χ3v) is 4.29. The van der Waals surface area contributed by atoms with E-state index >= 15 is 0 Å². The number of hydrogen-bond donors (Lipinski definition) is 0. The minimum Gasteiger partial charge on any atom is -0.371 e. The first kappa shape index (κ1) is 18.2. The van der Waals surface area contributed by atoms with Crippen molar-refractivity contribution in [3.8, 4) is 11.1 Å². The number of benzene rings is 2. The van der Waals surface area contributed by atoms with Crippen LogP contribution in [0.2, 0.25) is 0 Å². The fraction of sp³-hybridized carbons (Fsp3) is 0.478. The highest BCUT2D eigenvalue weighted by atomic mass is 16.5. The predicted octanol–water partition coefficient (Wildman–Crippen LogP) is 6.13. The lowest BCUT2D eigenvalue weighted by atomic mass is 9.98. The summed E-state index contributed by atoms with van der Waals surface area (Å²) in [6.07, 6.45) is 0.0306. The molecule has 1 aliphatic carbocycles. The van der Waals surface area contributed by atoms with E-state index in [4.69, 9.17) is 9.47 Å². The van der Waals surface area contributed by atoms with Gasteiger partial charge in [-0.1, -0.05) is 57.2 Å². The zero-order valence-corrected chi connectivity index (χ0v) is 16.3. The van der Waals surface area contributed by atoms with Gasteiger partial charge in [-0.3, -0.25) is 0 Å². The Hall–Kier alpha value is -1.64. The van der Waals surface area contributed by atoms with Crippen LogP contribution in [0.15, 0.2) is 42.5 Å². The normalized spacial score (nSPS) is 16.6. The van der Waals surface area contributed by atoms with E-state index in [0.29, 0.717) is 6.61 Å². The standard InChI is InChI=1S/C23H30O2/c1-22(2,3)15-24-21-18-10-8-7-9-17(18)20-13-16(11-12-19(20)21)14-25-23(4,5)6/h7-13,21H,14-15H2,1-6H3. The molecular weight excluding hydrogens is 308 g/mol. The lowest BCUT2D eigenvalue weighted by Gasteiger charge is -2.23. The first-order chi connectivity index (χ1) is 11.6. The molecule has 2 nitrogen and oxygen atoms in total. The number of rotatable bonds is 4. The topological polar surface area (TPSA) is 18.5 Å². The summed E-state index contributed by atoms with van der Waals surface area (Å²) in [5.74, 6) is 0. The van der Waals surface area contributed by atoms with Gasteiger partial charge in [-0.05, 0) is 60.1 Å². The molecule has 0 N–H and O–H groups in total. The monoisotopic (exact) mass is 338 g/mol. The molecule has 25 heavy (non-hydrogen) atoms. The third kappa shape index (κ3) is 4.31. The Morgan fingerprint density at radius 3 is 2.20 bits per heavy atom. The summed E-state index contributed by atoms with van der Waals surface area (Å²) in [7, 11) is 0. The molecule has 0 radical (unpaired) electrons. The molecule has 1 unspecified atom stereocenters. The van der Waals surface area contributed by atoms with Crippen molar-refractivity contribution in [2.75, 3.05) is 6.61 Å². The lowest BCUT2D eigenvalue weighted by Crippen LogP contribution is -2.18. The van der Waals surface area contributed by atoms with Gasteiger partial charge in [-0.15, -0.1) is 0 Å². The molecule has 0 fully saturated rings. The molecule has 2 aromatic carbocycles. The molecule has 0 aromatic heterocycles. The Kier molecular flexibility index (Phi) is 4.78. The van der Waals surface area contributed by atoms with Crippen molar-refractivity contribution in [2.45, 2.75) is 59.9 Å². The third-order valence-electron chi connectivity index (χ3n) is 4.29. The van der Waals surface area contributed by atoms with Crippen molar-refractivity contribution < 1.29 is 9.47 Å². The van der Waals surface area contributed by atoms with Gasteiger partial charge in [-0.2, -0.15) is 0 Å². The molecule has 0 spiro atoms. The van der Waals surface area contributed by atoms with Crippen molar-refractivity contribution in [1.82, 2.24) is 0 Å². The van der Waals surface area contributed by atoms with E-state index in [0.717, 1.165) is 6.61 Å². The van der Waals surface area contributed by atoms with Gasteiger partial charge in [0.15, 0.2) is 0 Å². The molecule has 134 valence electrons. The fourth-order valence-electron chi connectivity index (χ4n) is 3.11. The van der Waals surface area contributed by atoms with Crippen LogP contribution in [-0.2, 0) is 16.1 Å². The van der Waals surface area contributed by atoms with Gasteiger partial charge in [0.25, 0.3) is 0 Å². The van der Waals surface area contributed by atoms with Crippen molar-refractivity contribution in [1.29, 1.82) is 0 Å². The number of hydrogen-bond acceptors (Lipinski definition) is 2. The van der Waals surface area contributed by atoms with Crippen LogP contribution in [0.25, 0.3) is 11.1 Å². The summed E-state index contributed by atoms with van der Waals surface area (Å²) in [4.78, 5) is 0. The molecular formula is C23H30O2. The Bertz CT molecular complexity index is 747. The van der Waals surface area contributed by atoms with Crippen LogP contribution in [0.5, 0.6) is 0 Å². The largest absolute Gasteiger partial charge is 0.371 e. The molecule has 0 amide bonds. The van der Waals surface area contributed by atoms with Gasteiger partial charge in [0.2, 0.25) is 0 Å². The lowest BCUT2D eigenvalue weighted by molar-refractivity contribution is -0.0149. The molecule has 1 atom stereocenters. The fourth-order valence-corrected chi connectivity index (χ4v) is 3.11. The summed E-state index contributed by atoms with van der Waals surface area (Å²) in [6.45, 7) is 14.3. The zero-order chi connectivity index (χ0) is 18.2. The maximum atomic E-state index is 6.34. The van der Waals surface area contributed by atoms with Crippen molar-refractivity contribution in [3.05, 3.63) is 59.2 Å². The summed E-state index contributed by atoms with van der Waals surface area (Å²) in [5.41, 5.74) is 6.34. The quantitative estimate of drug-likeness (QED) is 0.667. The predicted molar refractivity (Wildman–Crippen MR) is 104 cm³/mol. The van der Waals surface area contributed by atoms with Crippen LogP contribution in [0.1, 0.15) is 64.3 Å². The first-order valence-electron chi connectivity index (χ1n) is 9.12. The smallest absolute Gasteiger partial charge is 0.109 e. The maximum absolute atomic E-state index is 6.34. The van der Waals surface area contributed by atoms with E-state index < -0.39 is 0 Å². The second-order valence-electron chi connectivity index (χ2n) is 9.16. The van der Waals surface area contributed by atoms with Crippen molar-refractivity contribution in [2.24, 2.45) is 5.41 Å². The molecule has 0 bridgehead atoms. The van der Waals surface area contributed by atoms with Gasteiger partial charge in [-0.25, -0.2) is 0 Å². The van der Waals surface area contributed by atoms with Gasteiger partial charge in [0.1, 0.15) is 6.10 Å². The van der Waals surface area contributed by atoms with E-state index in [2.05, 4.69) is 84.0 Å². The Morgan fingerprint density at radius 1 is 0.840 bits per heavy atom. The van der Waals surface area contributed by atoms with Crippen LogP contribution in [0, 0.1) is 5.41 Å². The molecule has 2 aromatic rings. The molecule has 0 saturated carbocycles. The number of fused-ring (bicyclic) bond motifs is 3. The summed E-state index contributed by atoms with van der Waals surface area (Å²) in [6, 6.07) is 15.2. The van der Waals surface area contributed by atoms with Gasteiger partial charge < -0.3 is 9.47 Å². The first-order valence-corrected chi connectivity index (χ1v) is 9.12. The second-order valence-corrected chi connectivity index (χ2v) is 9.16. The molecule has 1 aliphatic rings. The minimum absolute atomic E-state index is 0.0306. The van der Waals surface area contributed by atoms with E-state index in [1.165, 1.54) is 27.8 Å². The zero-order valence-electron chi connectivity index (χ0n) is 16.3. The average molecular weight is 338 g/mol. The van der Waals surface area contributed by atoms with E-state index in [9.17, 15) is 0 Å². The molecule has 2 heteroatoms. The Balaban J connectivity index is 1.91. The molecule has 3 rings (SSSR count). The molecule has 0 aliphatic heterocycles. The highest BCUT2D eigenvalue weighted by Crippen LogP contribution is 2.46. The van der Waals surface area contributed by atoms with Crippen LogP contribution in [-0.4, -0.2) is 12.2 Å². The van der Waals surface area contributed by atoms with Crippen molar-refractivity contribution >= 4 is 0 Å². The van der Waals surface area contributed by atoms with Crippen LogP contribution in [0.3, 0.4) is 0 Å². The SMILES string of the molecule is CC(C)(C)COC1c2ccccc2-c2cc(COC(C)(C)C)ccc21. The maximum Gasteiger partial charge on any atom is 0.109 e. The van der Waals surface area contributed by atoms with E-state index in [1.54, 1.807) is 0 Å². The van der Waals surface area contributed by atoms with Gasteiger partial charge >= 0.3 is 0 Å². The minimum atomic E-state index is -0.130. The second kappa shape index (κ2) is 6.59. The Morgan fingerprint density at radius 2 is 1.52 bits per heavy atom. The van der Waals surface area contributed by atoms with Crippen LogP contribution < -0.4 is 0 Å². The van der Waals surface area contributed by atoms with Crippen LogP contribution in [0.4, 0.5) is 0 Å². The highest BCUT2D eigenvalue weighted by Gasteiger charge is 2.30. The van der Waals surface area contributed by atoms with Crippen molar-refractivity contribution in [3.63, 3.8) is 0 Å². The summed E-state index contributed by atoms with van der Waals surface area (Å²) >= 11 is 0.